The van der Waals surface area contributed by atoms with E-state index in [2.05, 4.69) is 30.1 Å². The lowest BCUT2D eigenvalue weighted by atomic mass is 9.96. The fourth-order valence-corrected chi connectivity index (χ4v) is 4.76. The van der Waals surface area contributed by atoms with Crippen molar-refractivity contribution in [1.82, 2.24) is 9.88 Å². The van der Waals surface area contributed by atoms with Crippen LogP contribution in [0.5, 0.6) is 5.75 Å². The van der Waals surface area contributed by atoms with Crippen LogP contribution in [-0.4, -0.2) is 34.5 Å². The largest absolute Gasteiger partial charge is 0.488 e. The Morgan fingerprint density at radius 1 is 0.939 bits per heavy atom. The topological polar surface area (TPSA) is 42.4 Å². The first-order valence-corrected chi connectivity index (χ1v) is 11.7. The Labute approximate surface area is 194 Å². The molecular weight excluding hydrogens is 408 g/mol. The Bertz CT molecular complexity index is 1230. The quantitative estimate of drug-likeness (QED) is 0.365. The molecule has 1 aliphatic rings. The molecule has 4 aromatic rings. The molecular formula is C29H28N2O2. The minimum atomic E-state index is -0.104. The predicted octanol–water partition coefficient (Wildman–Crippen LogP) is 6.36. The van der Waals surface area contributed by atoms with Crippen LogP contribution in [0.3, 0.4) is 0 Å². The van der Waals surface area contributed by atoms with Gasteiger partial charge in [0.1, 0.15) is 11.9 Å². The summed E-state index contributed by atoms with van der Waals surface area (Å²) in [6, 6.07) is 28.1. The Morgan fingerprint density at radius 3 is 2.55 bits per heavy atom. The van der Waals surface area contributed by atoms with Crippen molar-refractivity contribution in [1.29, 1.82) is 0 Å². The monoisotopic (exact) mass is 436 g/mol. The molecule has 4 heteroatoms. The molecule has 166 valence electrons. The molecule has 1 fully saturated rings. The van der Waals surface area contributed by atoms with Crippen molar-refractivity contribution in [2.24, 2.45) is 0 Å². The van der Waals surface area contributed by atoms with E-state index in [1.54, 1.807) is 6.20 Å². The van der Waals surface area contributed by atoms with Gasteiger partial charge in [0.05, 0.1) is 11.7 Å². The van der Waals surface area contributed by atoms with Gasteiger partial charge < -0.3 is 9.64 Å². The van der Waals surface area contributed by atoms with Crippen LogP contribution < -0.4 is 4.74 Å². The van der Waals surface area contributed by atoms with Crippen LogP contribution in [0.15, 0.2) is 91.1 Å². The molecule has 1 amide bonds. The van der Waals surface area contributed by atoms with E-state index in [1.807, 2.05) is 71.6 Å². The third kappa shape index (κ3) is 4.47. The van der Waals surface area contributed by atoms with Gasteiger partial charge >= 0.3 is 0 Å². The van der Waals surface area contributed by atoms with E-state index >= 15 is 0 Å². The zero-order valence-corrected chi connectivity index (χ0v) is 18.9. The summed E-state index contributed by atoms with van der Waals surface area (Å²) < 4.78 is 6.46. The summed E-state index contributed by atoms with van der Waals surface area (Å²) in [7, 11) is 0. The van der Waals surface area contributed by atoms with Crippen molar-refractivity contribution < 1.29 is 9.53 Å². The maximum atomic E-state index is 13.5. The van der Waals surface area contributed by atoms with Gasteiger partial charge in [-0.1, -0.05) is 54.6 Å². The number of ether oxygens (including phenoxy) is 1. The molecule has 0 spiro atoms. The average molecular weight is 437 g/mol. The maximum Gasteiger partial charge on any atom is 0.254 e. The number of carbonyl (C=O) groups excluding carboxylic acids is 1. The minimum absolute atomic E-state index is 0.0423. The van der Waals surface area contributed by atoms with Crippen LogP contribution in [0.2, 0.25) is 0 Å². The van der Waals surface area contributed by atoms with Crippen molar-refractivity contribution in [2.75, 3.05) is 6.54 Å². The number of carbonyl (C=O) groups is 1. The van der Waals surface area contributed by atoms with E-state index in [4.69, 9.17) is 4.74 Å². The number of nitrogens with zero attached hydrogens (tertiary/aromatic N) is 2. The zero-order chi connectivity index (χ0) is 22.6. The summed E-state index contributed by atoms with van der Waals surface area (Å²) in [5, 5.41) is 2.26. The smallest absolute Gasteiger partial charge is 0.254 e. The average Bonchev–Trinajstić information content (AvgIpc) is 2.89. The van der Waals surface area contributed by atoms with E-state index in [1.165, 1.54) is 0 Å². The minimum Gasteiger partial charge on any atom is -0.488 e. The molecule has 2 atom stereocenters. The molecule has 1 aromatic heterocycles. The van der Waals surface area contributed by atoms with Gasteiger partial charge in [0.25, 0.3) is 5.91 Å². The molecule has 2 unspecified atom stereocenters. The second kappa shape index (κ2) is 9.45. The highest BCUT2D eigenvalue weighted by Crippen LogP contribution is 2.30. The molecule has 1 aliphatic heterocycles. The summed E-state index contributed by atoms with van der Waals surface area (Å²) in [4.78, 5) is 19.9. The van der Waals surface area contributed by atoms with Crippen LogP contribution in [0.25, 0.3) is 22.0 Å². The molecule has 0 bridgehead atoms. The normalized spacial score (nSPS) is 17.0. The second-order valence-electron chi connectivity index (χ2n) is 8.65. The fourth-order valence-electron chi connectivity index (χ4n) is 4.76. The van der Waals surface area contributed by atoms with Crippen molar-refractivity contribution in [3.8, 4) is 17.0 Å². The lowest BCUT2D eigenvalue weighted by Gasteiger charge is -2.39. The maximum absolute atomic E-state index is 13.5. The standard InChI is InChI=1S/C29H28N2O2/c1-21(33-28-14-8-10-22-9-2-3-11-25(22)28)27-13-5-7-20-31(27)29(32)24-17-15-23(16-18-24)26-12-4-6-19-30-26/h2-4,6,8-12,14-19,21,27H,5,7,13,20H2,1H3. The molecule has 0 radical (unpaired) electrons. The third-order valence-corrected chi connectivity index (χ3v) is 6.51. The van der Waals surface area contributed by atoms with E-state index in [0.29, 0.717) is 5.56 Å². The van der Waals surface area contributed by atoms with Crippen molar-refractivity contribution in [2.45, 2.75) is 38.3 Å². The van der Waals surface area contributed by atoms with Crippen LogP contribution in [0.4, 0.5) is 0 Å². The summed E-state index contributed by atoms with van der Waals surface area (Å²) in [5.41, 5.74) is 2.62. The molecule has 33 heavy (non-hydrogen) atoms. The van der Waals surface area contributed by atoms with Crippen LogP contribution in [-0.2, 0) is 0 Å². The molecule has 4 nitrogen and oxygen atoms in total. The molecule has 1 saturated heterocycles. The Balaban J connectivity index is 1.35. The summed E-state index contributed by atoms with van der Waals surface area (Å²) in [6.07, 6.45) is 4.76. The van der Waals surface area contributed by atoms with Crippen molar-refractivity contribution >= 4 is 16.7 Å². The molecule has 0 N–H and O–H groups in total. The Morgan fingerprint density at radius 2 is 1.73 bits per heavy atom. The molecule has 5 rings (SSSR count). The number of pyridine rings is 1. The highest BCUT2D eigenvalue weighted by atomic mass is 16.5. The van der Waals surface area contributed by atoms with Crippen molar-refractivity contribution in [3.05, 3.63) is 96.7 Å². The number of likely N-dealkylation sites (tertiary alicyclic amines) is 1. The van der Waals surface area contributed by atoms with Gasteiger partial charge in [-0.05, 0) is 61.9 Å². The van der Waals surface area contributed by atoms with Crippen LogP contribution in [0.1, 0.15) is 36.5 Å². The zero-order valence-electron chi connectivity index (χ0n) is 18.9. The second-order valence-corrected chi connectivity index (χ2v) is 8.65. The highest BCUT2D eigenvalue weighted by molar-refractivity contribution is 5.95. The van der Waals surface area contributed by atoms with Crippen LogP contribution >= 0.6 is 0 Å². The summed E-state index contributed by atoms with van der Waals surface area (Å²) in [5.74, 6) is 0.943. The van der Waals surface area contributed by atoms with E-state index < -0.39 is 0 Å². The molecule has 2 heterocycles. The number of rotatable bonds is 5. The van der Waals surface area contributed by atoms with Gasteiger partial charge in [-0.3, -0.25) is 9.78 Å². The number of hydrogen-bond acceptors (Lipinski definition) is 3. The van der Waals surface area contributed by atoms with Crippen LogP contribution in [0, 0.1) is 0 Å². The van der Waals surface area contributed by atoms with Crippen molar-refractivity contribution in [3.63, 3.8) is 0 Å². The number of benzene rings is 3. The first-order chi connectivity index (χ1) is 16.2. The third-order valence-electron chi connectivity index (χ3n) is 6.51. The van der Waals surface area contributed by atoms with Gasteiger partial charge in [0.15, 0.2) is 0 Å². The number of fused-ring (bicyclic) bond motifs is 1. The lowest BCUT2D eigenvalue weighted by Crippen LogP contribution is -2.50. The fraction of sp³-hybridized carbons (Fsp3) is 0.241. The summed E-state index contributed by atoms with van der Waals surface area (Å²) in [6.45, 7) is 2.84. The summed E-state index contributed by atoms with van der Waals surface area (Å²) >= 11 is 0. The van der Waals surface area contributed by atoms with Gasteiger partial charge in [-0.2, -0.15) is 0 Å². The molecule has 0 aliphatic carbocycles. The first kappa shape index (κ1) is 21.2. The number of amides is 1. The number of hydrogen-bond donors (Lipinski definition) is 0. The lowest BCUT2D eigenvalue weighted by molar-refractivity contribution is 0.0357. The van der Waals surface area contributed by atoms with Gasteiger partial charge in [0, 0.05) is 29.3 Å². The Kier molecular flexibility index (Phi) is 6.07. The van der Waals surface area contributed by atoms with Gasteiger partial charge in [-0.15, -0.1) is 0 Å². The van der Waals surface area contributed by atoms with Gasteiger partial charge in [-0.25, -0.2) is 0 Å². The highest BCUT2D eigenvalue weighted by Gasteiger charge is 2.32. The number of aromatic nitrogens is 1. The first-order valence-electron chi connectivity index (χ1n) is 11.7. The molecule has 0 saturated carbocycles. The molecule has 3 aromatic carbocycles. The van der Waals surface area contributed by atoms with Gasteiger partial charge in [0.2, 0.25) is 0 Å². The SMILES string of the molecule is CC(Oc1cccc2ccccc12)C1CCCCN1C(=O)c1ccc(-c2ccccn2)cc1. The number of piperidine rings is 1. The predicted molar refractivity (Wildman–Crippen MR) is 132 cm³/mol. The Hall–Kier alpha value is -3.66. The van der Waals surface area contributed by atoms with E-state index in [0.717, 1.165) is 53.6 Å². The van der Waals surface area contributed by atoms with E-state index in [-0.39, 0.29) is 18.1 Å². The van der Waals surface area contributed by atoms with E-state index in [9.17, 15) is 4.79 Å².